The number of hydrogen-bond donors (Lipinski definition) is 3. The van der Waals surface area contributed by atoms with Crippen LogP contribution in [0.2, 0.25) is 0 Å². The number of carbonyl (C=O) groups is 2. The highest BCUT2D eigenvalue weighted by atomic mass is 16.7. The van der Waals surface area contributed by atoms with Crippen molar-refractivity contribution in [3.8, 4) is 11.5 Å². The zero-order valence-electron chi connectivity index (χ0n) is 36.8. The average molecular weight is 852 g/mol. The van der Waals surface area contributed by atoms with Crippen molar-refractivity contribution >= 4 is 17.9 Å². The summed E-state index contributed by atoms with van der Waals surface area (Å²) in [6.45, 7) is 12.9. The highest BCUT2D eigenvalue weighted by Crippen LogP contribution is 2.62. The number of benzene rings is 3. The van der Waals surface area contributed by atoms with Crippen molar-refractivity contribution in [3.63, 3.8) is 0 Å². The Morgan fingerprint density at radius 1 is 0.968 bits per heavy atom. The largest absolute Gasteiger partial charge is 0.459 e. The molecule has 6 rings (SSSR count). The molecule has 12 heteroatoms. The fourth-order valence-electron chi connectivity index (χ4n) is 9.23. The van der Waals surface area contributed by atoms with E-state index >= 15 is 0 Å². The van der Waals surface area contributed by atoms with Crippen molar-refractivity contribution in [1.82, 2.24) is 10.2 Å². The number of oxime groups is 1. The molecule has 334 valence electrons. The van der Waals surface area contributed by atoms with E-state index in [4.69, 9.17) is 28.9 Å². The lowest BCUT2D eigenvalue weighted by Crippen LogP contribution is -2.70. The molecule has 0 radical (unpaired) electrons. The molecule has 1 aliphatic heterocycles. The molecule has 62 heavy (non-hydrogen) atoms. The van der Waals surface area contributed by atoms with E-state index in [1.54, 1.807) is 17.0 Å². The molecule has 6 unspecified atom stereocenters. The van der Waals surface area contributed by atoms with Crippen molar-refractivity contribution in [2.24, 2.45) is 22.9 Å². The van der Waals surface area contributed by atoms with Crippen LogP contribution in [0.1, 0.15) is 102 Å². The Kier molecular flexibility index (Phi) is 16.3. The predicted molar refractivity (Wildman–Crippen MR) is 239 cm³/mol. The Hall–Kier alpha value is -5.17. The zero-order chi connectivity index (χ0) is 44.1. The Morgan fingerprint density at radius 3 is 2.32 bits per heavy atom. The molecule has 3 aliphatic rings. The minimum atomic E-state index is -1.44. The number of carbonyl (C=O) groups excluding carboxylic acids is 2. The van der Waals surface area contributed by atoms with E-state index in [1.807, 2.05) is 100 Å². The summed E-state index contributed by atoms with van der Waals surface area (Å²) in [5, 5.41) is 27.6. The normalized spacial score (nSPS) is 23.2. The van der Waals surface area contributed by atoms with E-state index in [0.717, 1.165) is 47.9 Å². The molecule has 1 fully saturated rings. The van der Waals surface area contributed by atoms with Crippen LogP contribution in [0.5, 0.6) is 11.5 Å². The Morgan fingerprint density at radius 2 is 1.66 bits per heavy atom. The van der Waals surface area contributed by atoms with E-state index < -0.39 is 35.5 Å². The van der Waals surface area contributed by atoms with Crippen LogP contribution >= 0.6 is 0 Å². The molecule has 3 N–H and O–H groups in total. The fraction of sp³-hybridized carbons (Fsp3) is 0.500. The average Bonchev–Trinajstić information content (AvgIpc) is 3.27. The number of hydrogen-bond acceptors (Lipinski definition) is 10. The van der Waals surface area contributed by atoms with Gasteiger partial charge in [0.25, 0.3) is 0 Å². The molecule has 0 bridgehead atoms. The second-order valence-corrected chi connectivity index (χ2v) is 17.4. The molecule has 0 spiro atoms. The van der Waals surface area contributed by atoms with E-state index in [9.17, 15) is 19.8 Å². The van der Waals surface area contributed by atoms with Gasteiger partial charge in [-0.1, -0.05) is 97.7 Å². The summed E-state index contributed by atoms with van der Waals surface area (Å²) >= 11 is 0. The van der Waals surface area contributed by atoms with Crippen molar-refractivity contribution in [2.45, 2.75) is 116 Å². The quantitative estimate of drug-likeness (QED) is 0.0575. The van der Waals surface area contributed by atoms with Crippen molar-refractivity contribution in [1.29, 1.82) is 0 Å². The monoisotopic (exact) mass is 851 g/mol. The van der Waals surface area contributed by atoms with Gasteiger partial charge in [-0.05, 0) is 99.6 Å². The first-order chi connectivity index (χ1) is 30.0. The van der Waals surface area contributed by atoms with Gasteiger partial charge in [-0.2, -0.15) is 0 Å². The Labute approximate surface area is 366 Å². The number of nitrogens with zero attached hydrogens (tertiary/aromatic N) is 2. The lowest BCUT2D eigenvalue weighted by atomic mass is 9.55. The maximum Gasteiger partial charge on any atom is 0.412 e. The second kappa shape index (κ2) is 21.8. The number of aliphatic hydroxyl groups is 2. The number of fused-ring (bicyclic) bond motifs is 2. The van der Waals surface area contributed by atoms with E-state index in [0.29, 0.717) is 49.6 Å². The van der Waals surface area contributed by atoms with E-state index in [-0.39, 0.29) is 50.6 Å². The van der Waals surface area contributed by atoms with Gasteiger partial charge in [-0.3, -0.25) is 4.90 Å². The van der Waals surface area contributed by atoms with Gasteiger partial charge in [0.1, 0.15) is 29.7 Å². The van der Waals surface area contributed by atoms with Crippen molar-refractivity contribution < 1.29 is 43.6 Å². The van der Waals surface area contributed by atoms with Gasteiger partial charge in [0.2, 0.25) is 5.79 Å². The smallest absolute Gasteiger partial charge is 0.412 e. The lowest BCUT2D eigenvalue weighted by Gasteiger charge is -2.60. The van der Waals surface area contributed by atoms with Crippen molar-refractivity contribution in [2.75, 3.05) is 26.4 Å². The molecule has 12 nitrogen and oxygen atoms in total. The number of nitrogens with one attached hydrogen (secondary N) is 1. The summed E-state index contributed by atoms with van der Waals surface area (Å²) in [6, 6.07) is 23.9. The molecule has 2 aliphatic carbocycles. The minimum absolute atomic E-state index is 0.00121. The minimum Gasteiger partial charge on any atom is -0.459 e. The number of allylic oxidation sites excluding steroid dienone is 1. The first kappa shape index (κ1) is 46.3. The van der Waals surface area contributed by atoms with Crippen LogP contribution in [0.15, 0.2) is 108 Å². The van der Waals surface area contributed by atoms with Crippen LogP contribution < -0.4 is 14.8 Å². The van der Waals surface area contributed by atoms with Crippen LogP contribution in [-0.2, 0) is 27.5 Å². The molecule has 1 heterocycles. The number of aliphatic hydroxyl groups excluding tert-OH is 2. The summed E-state index contributed by atoms with van der Waals surface area (Å²) in [6.07, 6.45) is 8.22. The highest BCUT2D eigenvalue weighted by molar-refractivity contribution is 6.03. The van der Waals surface area contributed by atoms with Gasteiger partial charge in [-0.25, -0.2) is 9.59 Å². The summed E-state index contributed by atoms with van der Waals surface area (Å²) < 4.78 is 26.4. The van der Waals surface area contributed by atoms with E-state index in [1.165, 1.54) is 0 Å². The molecule has 2 amide bonds. The number of unbranched alkanes of at least 4 members (excludes halogenated alkanes) is 2. The van der Waals surface area contributed by atoms with Gasteiger partial charge in [0, 0.05) is 44.2 Å². The molecule has 1 saturated carbocycles. The topological polar surface area (TPSA) is 148 Å². The zero-order valence-corrected chi connectivity index (χ0v) is 36.8. The van der Waals surface area contributed by atoms with Gasteiger partial charge in [0.15, 0.2) is 0 Å². The lowest BCUT2D eigenvalue weighted by molar-refractivity contribution is -0.255. The molecule has 0 aromatic heterocycles. The summed E-state index contributed by atoms with van der Waals surface area (Å²) in [5.41, 5.74) is 3.65. The maximum atomic E-state index is 14.5. The van der Waals surface area contributed by atoms with Gasteiger partial charge in [-0.15, -0.1) is 6.58 Å². The third-order valence-electron chi connectivity index (χ3n) is 11.8. The standard InChI is InChI=1S/C50H65N3O9/c1-6-26-53(48(57)58-34-36-20-12-9-13-21-36)44-32-42(52-62-49(3,4)5)40-30-37(22-14-16-27-54)39(23-15-17-28-55)45-41-31-38(60-47(56)51-33-35-18-10-8-11-19-35)24-25-43(41)61-50(44,46(40)45)59-29-7-2/h7-13,18-21,24-25,30-31,37,39,44-46,54-55H,2,6,14-17,22-23,26-29,32-34H2,1,3-5H3,(H,51,56). The molecule has 3 aromatic carbocycles. The van der Waals surface area contributed by atoms with Gasteiger partial charge < -0.3 is 39.3 Å². The maximum absolute atomic E-state index is 14.5. The second-order valence-electron chi connectivity index (χ2n) is 17.4. The molecule has 6 atom stereocenters. The first-order valence-electron chi connectivity index (χ1n) is 22.2. The Balaban J connectivity index is 1.52. The molecular weight excluding hydrogens is 787 g/mol. The summed E-state index contributed by atoms with van der Waals surface area (Å²) in [5.74, 6) is -1.30. The van der Waals surface area contributed by atoms with Gasteiger partial charge in [0.05, 0.1) is 18.2 Å². The first-order valence-corrected chi connectivity index (χ1v) is 22.2. The van der Waals surface area contributed by atoms with Crippen LogP contribution in [0.3, 0.4) is 0 Å². The third kappa shape index (κ3) is 11.3. The van der Waals surface area contributed by atoms with Crippen molar-refractivity contribution in [3.05, 3.63) is 120 Å². The summed E-state index contributed by atoms with van der Waals surface area (Å²) in [7, 11) is 0. The number of amides is 2. The highest BCUT2D eigenvalue weighted by Gasteiger charge is 2.65. The summed E-state index contributed by atoms with van der Waals surface area (Å²) in [4.78, 5) is 35.7. The van der Waals surface area contributed by atoms with Crippen LogP contribution in [0.25, 0.3) is 0 Å². The van der Waals surface area contributed by atoms with E-state index in [2.05, 4.69) is 18.0 Å². The van der Waals surface area contributed by atoms with Crippen LogP contribution in [-0.4, -0.2) is 76.8 Å². The SMILES string of the molecule is C=CCOC12Oc3ccc(OC(=O)NCc4ccccc4)cc3C3C(CCCCO)C(CCCCO)C=C(C(=NOC(C)(C)C)CC1N(CCC)C(=O)OCc1ccccc1)C32. The predicted octanol–water partition coefficient (Wildman–Crippen LogP) is 9.46. The van der Waals surface area contributed by atoms with Crippen LogP contribution in [0.4, 0.5) is 9.59 Å². The fourth-order valence-corrected chi connectivity index (χ4v) is 9.23. The van der Waals surface area contributed by atoms with Crippen LogP contribution in [0, 0.1) is 17.8 Å². The number of rotatable bonds is 20. The molecule has 3 aromatic rings. The number of ether oxygens (including phenoxy) is 4. The molecule has 0 saturated heterocycles. The molecular formula is C50H65N3O9. The van der Waals surface area contributed by atoms with Gasteiger partial charge >= 0.3 is 12.2 Å². The third-order valence-corrected chi connectivity index (χ3v) is 11.8. The Bertz CT molecular complexity index is 2000.